The van der Waals surface area contributed by atoms with Crippen LogP contribution >= 0.6 is 11.3 Å². The van der Waals surface area contributed by atoms with Crippen molar-refractivity contribution in [3.8, 4) is 0 Å². The van der Waals surface area contributed by atoms with E-state index < -0.39 is 0 Å². The van der Waals surface area contributed by atoms with Gasteiger partial charge >= 0.3 is 0 Å². The van der Waals surface area contributed by atoms with Crippen molar-refractivity contribution < 1.29 is 0 Å². The minimum atomic E-state index is 0.441. The molecule has 0 radical (unpaired) electrons. The molecular formula is C12H17N5S. The fraction of sp³-hybridized carbons (Fsp3) is 0.417. The molecule has 0 atom stereocenters. The molecule has 0 saturated heterocycles. The molecule has 18 heavy (non-hydrogen) atoms. The second-order valence-electron chi connectivity index (χ2n) is 4.18. The van der Waals surface area contributed by atoms with Gasteiger partial charge in [-0.2, -0.15) is 0 Å². The zero-order chi connectivity index (χ0) is 13.1. The van der Waals surface area contributed by atoms with Crippen molar-refractivity contribution >= 4 is 17.2 Å². The first kappa shape index (κ1) is 12.9. The summed E-state index contributed by atoms with van der Waals surface area (Å²) in [4.78, 5) is 15.1. The fourth-order valence-corrected chi connectivity index (χ4v) is 2.36. The van der Waals surface area contributed by atoms with Gasteiger partial charge in [-0.05, 0) is 13.8 Å². The Morgan fingerprint density at radius 2 is 2.11 bits per heavy atom. The number of thiazole rings is 1. The van der Waals surface area contributed by atoms with E-state index in [4.69, 9.17) is 5.73 Å². The van der Waals surface area contributed by atoms with Gasteiger partial charge in [0.2, 0.25) is 0 Å². The van der Waals surface area contributed by atoms with Crippen molar-refractivity contribution in [3.05, 3.63) is 33.7 Å². The molecule has 0 saturated carbocycles. The van der Waals surface area contributed by atoms with Crippen LogP contribution in [-0.2, 0) is 13.1 Å². The van der Waals surface area contributed by atoms with E-state index in [1.807, 2.05) is 20.9 Å². The van der Waals surface area contributed by atoms with Crippen molar-refractivity contribution in [1.29, 1.82) is 0 Å². The van der Waals surface area contributed by atoms with Crippen LogP contribution in [-0.4, -0.2) is 22.0 Å². The molecule has 2 aromatic rings. The highest BCUT2D eigenvalue weighted by Crippen LogP contribution is 2.18. The molecule has 6 heteroatoms. The van der Waals surface area contributed by atoms with E-state index in [1.165, 1.54) is 0 Å². The Balaban J connectivity index is 2.22. The van der Waals surface area contributed by atoms with Crippen LogP contribution in [0.4, 0.5) is 5.82 Å². The van der Waals surface area contributed by atoms with E-state index in [1.54, 1.807) is 17.5 Å². The minimum absolute atomic E-state index is 0.441. The van der Waals surface area contributed by atoms with Gasteiger partial charge in [-0.3, -0.25) is 0 Å². The Morgan fingerprint density at radius 3 is 2.72 bits per heavy atom. The molecule has 0 aliphatic rings. The van der Waals surface area contributed by atoms with E-state index in [0.29, 0.717) is 6.54 Å². The van der Waals surface area contributed by atoms with Crippen LogP contribution in [0.5, 0.6) is 0 Å². The molecule has 0 aromatic carbocycles. The second kappa shape index (κ2) is 5.41. The summed E-state index contributed by atoms with van der Waals surface area (Å²) < 4.78 is 0. The van der Waals surface area contributed by atoms with Crippen molar-refractivity contribution in [2.75, 3.05) is 11.9 Å². The minimum Gasteiger partial charge on any atom is -0.353 e. The molecule has 5 nitrogen and oxygen atoms in total. The van der Waals surface area contributed by atoms with Gasteiger partial charge in [0.05, 0.1) is 17.2 Å². The van der Waals surface area contributed by atoms with Crippen LogP contribution in [0, 0.1) is 13.8 Å². The van der Waals surface area contributed by atoms with E-state index in [0.717, 1.165) is 34.5 Å². The molecule has 96 valence electrons. The van der Waals surface area contributed by atoms with Crippen LogP contribution in [0.15, 0.2) is 11.6 Å². The van der Waals surface area contributed by atoms with Crippen LogP contribution in [0.2, 0.25) is 0 Å². The van der Waals surface area contributed by atoms with Gasteiger partial charge in [-0.15, -0.1) is 11.3 Å². The van der Waals surface area contributed by atoms with Crippen LogP contribution < -0.4 is 10.6 Å². The first-order chi connectivity index (χ1) is 8.60. The van der Waals surface area contributed by atoms with Gasteiger partial charge in [0, 0.05) is 30.7 Å². The van der Waals surface area contributed by atoms with E-state index >= 15 is 0 Å². The SMILES string of the molecule is Cc1ncc(CN)c(N(C)Cc2csc(C)n2)n1. The van der Waals surface area contributed by atoms with E-state index in [-0.39, 0.29) is 0 Å². The number of rotatable bonds is 4. The summed E-state index contributed by atoms with van der Waals surface area (Å²) in [5.74, 6) is 1.64. The third-order valence-corrected chi connectivity index (χ3v) is 3.43. The van der Waals surface area contributed by atoms with Crippen molar-refractivity contribution in [3.63, 3.8) is 0 Å². The lowest BCUT2D eigenvalue weighted by Gasteiger charge is -2.19. The number of hydrogen-bond acceptors (Lipinski definition) is 6. The van der Waals surface area contributed by atoms with Crippen LogP contribution in [0.3, 0.4) is 0 Å². The zero-order valence-corrected chi connectivity index (χ0v) is 11.7. The molecule has 0 amide bonds. The molecule has 0 spiro atoms. The topological polar surface area (TPSA) is 67.9 Å². The van der Waals surface area contributed by atoms with Gasteiger partial charge in [0.15, 0.2) is 0 Å². The van der Waals surface area contributed by atoms with Crippen molar-refractivity contribution in [1.82, 2.24) is 15.0 Å². The Bertz CT molecular complexity index is 537. The summed E-state index contributed by atoms with van der Waals surface area (Å²) >= 11 is 1.66. The fourth-order valence-electron chi connectivity index (χ4n) is 1.76. The lowest BCUT2D eigenvalue weighted by atomic mass is 10.3. The Hall–Kier alpha value is -1.53. The summed E-state index contributed by atoms with van der Waals surface area (Å²) in [6.07, 6.45) is 1.79. The summed E-state index contributed by atoms with van der Waals surface area (Å²) in [7, 11) is 2.00. The number of nitrogens with zero attached hydrogens (tertiary/aromatic N) is 4. The normalized spacial score (nSPS) is 10.7. The standard InChI is InChI=1S/C12H17N5S/c1-8-14-5-10(4-13)12(15-8)17(3)6-11-7-18-9(2)16-11/h5,7H,4,6,13H2,1-3H3. The Kier molecular flexibility index (Phi) is 3.88. The summed E-state index contributed by atoms with van der Waals surface area (Å²) in [6, 6.07) is 0. The Labute approximate surface area is 111 Å². The number of aromatic nitrogens is 3. The van der Waals surface area contributed by atoms with Crippen LogP contribution in [0.1, 0.15) is 22.1 Å². The summed E-state index contributed by atoms with van der Waals surface area (Å²) in [5, 5.41) is 3.15. The van der Waals surface area contributed by atoms with Crippen molar-refractivity contribution in [2.24, 2.45) is 5.73 Å². The van der Waals surface area contributed by atoms with Crippen molar-refractivity contribution in [2.45, 2.75) is 26.9 Å². The molecule has 0 fully saturated rings. The quantitative estimate of drug-likeness (QED) is 0.908. The number of nitrogens with two attached hydrogens (primary N) is 1. The molecule has 0 aliphatic carbocycles. The molecule has 0 aliphatic heterocycles. The third kappa shape index (κ3) is 2.83. The maximum atomic E-state index is 5.72. The highest BCUT2D eigenvalue weighted by Gasteiger charge is 2.11. The summed E-state index contributed by atoms with van der Waals surface area (Å²) in [5.41, 5.74) is 7.72. The van der Waals surface area contributed by atoms with E-state index in [2.05, 4.69) is 25.2 Å². The third-order valence-electron chi connectivity index (χ3n) is 2.61. The maximum absolute atomic E-state index is 5.72. The molecular weight excluding hydrogens is 246 g/mol. The number of anilines is 1. The van der Waals surface area contributed by atoms with Gasteiger partial charge < -0.3 is 10.6 Å². The molecule has 2 aromatic heterocycles. The molecule has 2 N–H and O–H groups in total. The van der Waals surface area contributed by atoms with Crippen LogP contribution in [0.25, 0.3) is 0 Å². The molecule has 0 unspecified atom stereocenters. The smallest absolute Gasteiger partial charge is 0.136 e. The lowest BCUT2D eigenvalue weighted by molar-refractivity contribution is 0.835. The highest BCUT2D eigenvalue weighted by molar-refractivity contribution is 7.09. The van der Waals surface area contributed by atoms with Gasteiger partial charge in [-0.1, -0.05) is 0 Å². The zero-order valence-electron chi connectivity index (χ0n) is 10.8. The molecule has 2 heterocycles. The largest absolute Gasteiger partial charge is 0.353 e. The molecule has 2 rings (SSSR count). The monoisotopic (exact) mass is 263 g/mol. The predicted octanol–water partition coefficient (Wildman–Crippen LogP) is 1.65. The lowest BCUT2D eigenvalue weighted by Crippen LogP contribution is -2.21. The first-order valence-electron chi connectivity index (χ1n) is 5.75. The summed E-state index contributed by atoms with van der Waals surface area (Å²) in [6.45, 7) is 5.06. The second-order valence-corrected chi connectivity index (χ2v) is 5.25. The highest BCUT2D eigenvalue weighted by atomic mass is 32.1. The number of aryl methyl sites for hydroxylation is 2. The number of hydrogen-bond donors (Lipinski definition) is 1. The average Bonchev–Trinajstić information content (AvgIpc) is 2.74. The van der Waals surface area contributed by atoms with E-state index in [9.17, 15) is 0 Å². The predicted molar refractivity (Wildman–Crippen MR) is 73.6 cm³/mol. The van der Waals surface area contributed by atoms with Gasteiger partial charge in [0.1, 0.15) is 11.6 Å². The van der Waals surface area contributed by atoms with Gasteiger partial charge in [-0.25, -0.2) is 15.0 Å². The first-order valence-corrected chi connectivity index (χ1v) is 6.63. The Morgan fingerprint density at radius 1 is 1.33 bits per heavy atom. The van der Waals surface area contributed by atoms with Gasteiger partial charge in [0.25, 0.3) is 0 Å². The molecule has 0 bridgehead atoms. The maximum Gasteiger partial charge on any atom is 0.136 e. The average molecular weight is 263 g/mol.